The Kier molecular flexibility index (Phi) is 7.12. The number of anilines is 1. The Balaban J connectivity index is 2.16. The van der Waals surface area contributed by atoms with Gasteiger partial charge in [-0.1, -0.05) is 37.5 Å². The van der Waals surface area contributed by atoms with Crippen LogP contribution in [-0.4, -0.2) is 22.7 Å². The van der Waals surface area contributed by atoms with Gasteiger partial charge >= 0.3 is 0 Å². The van der Waals surface area contributed by atoms with Gasteiger partial charge in [0.05, 0.1) is 16.2 Å². The number of hydrogen-bond donors (Lipinski definition) is 2. The first-order valence-corrected chi connectivity index (χ1v) is 8.05. The molecule has 0 spiro atoms. The topological polar surface area (TPSA) is 68.0 Å². The van der Waals surface area contributed by atoms with Gasteiger partial charge in [-0.05, 0) is 13.3 Å². The van der Waals surface area contributed by atoms with E-state index >= 15 is 0 Å². The fourth-order valence-corrected chi connectivity index (χ4v) is 3.13. The molecule has 1 amide bonds. The van der Waals surface area contributed by atoms with Crippen molar-refractivity contribution in [3.8, 4) is 0 Å². The summed E-state index contributed by atoms with van der Waals surface area (Å²) in [5.74, 6) is 0.510. The van der Waals surface area contributed by atoms with Gasteiger partial charge in [0, 0.05) is 6.04 Å². The summed E-state index contributed by atoms with van der Waals surface area (Å²) in [5, 5.41) is 3.56. The zero-order valence-electron chi connectivity index (χ0n) is 10.9. The van der Waals surface area contributed by atoms with Crippen LogP contribution in [0.2, 0.25) is 0 Å². The first-order chi connectivity index (χ1) is 8.61. The molecule has 0 aliphatic carbocycles. The molecule has 1 atom stereocenters. The number of nitrogens with zero attached hydrogens (tertiary/aromatic N) is 1. The van der Waals surface area contributed by atoms with Crippen molar-refractivity contribution in [2.24, 2.45) is 0 Å². The Morgan fingerprint density at radius 3 is 3.00 bits per heavy atom. The average molecular weight is 287 g/mol. The largest absolute Gasteiger partial charge is 0.375 e. The lowest BCUT2D eigenvalue weighted by molar-refractivity contribution is -0.119. The number of rotatable bonds is 8. The van der Waals surface area contributed by atoms with E-state index in [1.807, 2.05) is 0 Å². The predicted molar refractivity (Wildman–Crippen MR) is 79.0 cm³/mol. The molecule has 0 aromatic carbocycles. The molecular weight excluding hydrogens is 266 g/mol. The maximum Gasteiger partial charge on any atom is 0.230 e. The van der Waals surface area contributed by atoms with Crippen molar-refractivity contribution >= 4 is 34.1 Å². The minimum absolute atomic E-state index is 0.0796. The summed E-state index contributed by atoms with van der Waals surface area (Å²) in [6.07, 6.45) is 6.38. The zero-order chi connectivity index (χ0) is 13.4. The minimum Gasteiger partial charge on any atom is -0.375 e. The molecule has 3 N–H and O–H groups in total. The Labute approximate surface area is 117 Å². The number of thioether (sulfide) groups is 1. The number of carbonyl (C=O) groups excluding carboxylic acids is 1. The van der Waals surface area contributed by atoms with Gasteiger partial charge in [-0.3, -0.25) is 4.79 Å². The predicted octanol–water partition coefficient (Wildman–Crippen LogP) is 2.90. The molecule has 0 radical (unpaired) electrons. The molecule has 1 rings (SSSR count). The van der Waals surface area contributed by atoms with Crippen LogP contribution in [0.4, 0.5) is 5.13 Å². The third-order valence-electron chi connectivity index (χ3n) is 2.50. The van der Waals surface area contributed by atoms with E-state index in [4.69, 9.17) is 5.73 Å². The molecule has 0 saturated heterocycles. The van der Waals surface area contributed by atoms with E-state index in [1.165, 1.54) is 42.4 Å². The lowest BCUT2D eigenvalue weighted by Crippen LogP contribution is -2.33. The summed E-state index contributed by atoms with van der Waals surface area (Å²) in [7, 11) is 0. The highest BCUT2D eigenvalue weighted by Gasteiger charge is 2.08. The number of unbranched alkanes of at least 4 members (excludes halogenated alkanes) is 2. The first kappa shape index (κ1) is 15.3. The summed E-state index contributed by atoms with van der Waals surface area (Å²) in [5.41, 5.74) is 5.53. The number of aromatic nitrogens is 1. The third kappa shape index (κ3) is 6.26. The summed E-state index contributed by atoms with van der Waals surface area (Å²) in [6.45, 7) is 4.24. The van der Waals surface area contributed by atoms with E-state index in [0.29, 0.717) is 10.9 Å². The molecule has 1 heterocycles. The quantitative estimate of drug-likeness (QED) is 0.570. The second-order valence-electron chi connectivity index (χ2n) is 4.27. The summed E-state index contributed by atoms with van der Waals surface area (Å²) < 4.78 is 0.987. The van der Waals surface area contributed by atoms with Crippen molar-refractivity contribution in [1.82, 2.24) is 10.3 Å². The highest BCUT2D eigenvalue weighted by molar-refractivity contribution is 8.01. The van der Waals surface area contributed by atoms with E-state index < -0.39 is 0 Å². The second-order valence-corrected chi connectivity index (χ2v) is 6.61. The number of nitrogens with one attached hydrogen (secondary N) is 1. The fourth-order valence-electron chi connectivity index (χ4n) is 1.56. The van der Waals surface area contributed by atoms with Crippen LogP contribution in [0.1, 0.15) is 39.5 Å². The highest BCUT2D eigenvalue weighted by atomic mass is 32.2. The van der Waals surface area contributed by atoms with Crippen LogP contribution >= 0.6 is 23.1 Å². The van der Waals surface area contributed by atoms with Crippen LogP contribution in [0.15, 0.2) is 10.4 Å². The SMILES string of the molecule is CCCCCC(C)NC(=O)CSc1cnc(N)s1. The Morgan fingerprint density at radius 2 is 2.39 bits per heavy atom. The van der Waals surface area contributed by atoms with E-state index in [1.54, 1.807) is 6.20 Å². The third-order valence-corrected chi connectivity index (χ3v) is 4.52. The lowest BCUT2D eigenvalue weighted by atomic mass is 10.1. The number of thiazole rings is 1. The molecule has 18 heavy (non-hydrogen) atoms. The van der Waals surface area contributed by atoms with Gasteiger partial charge in [0.1, 0.15) is 0 Å². The van der Waals surface area contributed by atoms with Gasteiger partial charge in [0.25, 0.3) is 0 Å². The fraction of sp³-hybridized carbons (Fsp3) is 0.667. The molecule has 1 unspecified atom stereocenters. The summed E-state index contributed by atoms with van der Waals surface area (Å²) >= 11 is 2.90. The first-order valence-electron chi connectivity index (χ1n) is 6.25. The minimum atomic E-state index is 0.0796. The molecule has 0 bridgehead atoms. The molecular formula is C12H21N3OS2. The van der Waals surface area contributed by atoms with Gasteiger partial charge in [-0.25, -0.2) is 4.98 Å². The van der Waals surface area contributed by atoms with Gasteiger partial charge in [-0.15, -0.1) is 11.8 Å². The van der Waals surface area contributed by atoms with Crippen molar-refractivity contribution in [2.45, 2.75) is 49.8 Å². The normalized spacial score (nSPS) is 12.3. The monoisotopic (exact) mass is 287 g/mol. The van der Waals surface area contributed by atoms with Gasteiger partial charge in [-0.2, -0.15) is 0 Å². The molecule has 0 aliphatic heterocycles. The van der Waals surface area contributed by atoms with Crippen LogP contribution in [0, 0.1) is 0 Å². The molecule has 0 saturated carbocycles. The average Bonchev–Trinajstić information content (AvgIpc) is 2.73. The molecule has 0 aliphatic rings. The summed E-state index contributed by atoms with van der Waals surface area (Å²) in [6, 6.07) is 0.260. The molecule has 102 valence electrons. The number of carbonyl (C=O) groups is 1. The van der Waals surface area contributed by atoms with E-state index in [2.05, 4.69) is 24.1 Å². The molecule has 6 heteroatoms. The van der Waals surface area contributed by atoms with E-state index in [-0.39, 0.29) is 11.9 Å². The van der Waals surface area contributed by atoms with Gasteiger partial charge in [0.2, 0.25) is 5.91 Å². The Morgan fingerprint density at radius 1 is 1.61 bits per heavy atom. The standard InChI is InChI=1S/C12H21N3OS2/c1-3-4-5-6-9(2)15-10(16)8-17-11-7-14-12(13)18-11/h7,9H,3-6,8H2,1-2H3,(H2,13,14)(H,15,16). The number of hydrogen-bond acceptors (Lipinski definition) is 5. The zero-order valence-corrected chi connectivity index (χ0v) is 12.6. The maximum absolute atomic E-state index is 11.7. The van der Waals surface area contributed by atoms with Gasteiger partial charge < -0.3 is 11.1 Å². The lowest BCUT2D eigenvalue weighted by Gasteiger charge is -2.13. The maximum atomic E-state index is 11.7. The van der Waals surface area contributed by atoms with Crippen molar-refractivity contribution < 1.29 is 4.79 Å². The Bertz CT molecular complexity index is 368. The number of nitrogens with two attached hydrogens (primary N) is 1. The Hall–Kier alpha value is -0.750. The van der Waals surface area contributed by atoms with Crippen LogP contribution < -0.4 is 11.1 Å². The molecule has 1 aromatic rings. The number of nitrogen functional groups attached to an aromatic ring is 1. The van der Waals surface area contributed by atoms with Crippen LogP contribution in [0.3, 0.4) is 0 Å². The van der Waals surface area contributed by atoms with E-state index in [0.717, 1.165) is 10.6 Å². The second kappa shape index (κ2) is 8.37. The van der Waals surface area contributed by atoms with Crippen molar-refractivity contribution in [2.75, 3.05) is 11.5 Å². The van der Waals surface area contributed by atoms with Crippen LogP contribution in [0.25, 0.3) is 0 Å². The molecule has 0 fully saturated rings. The van der Waals surface area contributed by atoms with Crippen molar-refractivity contribution in [1.29, 1.82) is 0 Å². The summed E-state index contributed by atoms with van der Waals surface area (Å²) in [4.78, 5) is 15.6. The van der Waals surface area contributed by atoms with Gasteiger partial charge in [0.15, 0.2) is 5.13 Å². The van der Waals surface area contributed by atoms with E-state index in [9.17, 15) is 4.79 Å². The van der Waals surface area contributed by atoms with Crippen LogP contribution in [0.5, 0.6) is 0 Å². The van der Waals surface area contributed by atoms with Crippen molar-refractivity contribution in [3.63, 3.8) is 0 Å². The number of amides is 1. The van der Waals surface area contributed by atoms with Crippen LogP contribution in [-0.2, 0) is 4.79 Å². The molecule has 4 nitrogen and oxygen atoms in total. The smallest absolute Gasteiger partial charge is 0.230 e. The highest BCUT2D eigenvalue weighted by Crippen LogP contribution is 2.25. The van der Waals surface area contributed by atoms with Crippen molar-refractivity contribution in [3.05, 3.63) is 6.20 Å². The molecule has 1 aromatic heterocycles.